The average molecular weight is 382 g/mol. The standard InChI is InChI=1S/C21H18N8/c22-14-10-29(11-14)20-9-24-8-19(26-20)12-1-2-16-15(5-12)21(28-27-16)17-6-13-3-4-23-7-18(13)25-17/h1-9,14,25H,10-11,22H2,(H,27,28). The van der Waals surface area contributed by atoms with Crippen LogP contribution in [0.1, 0.15) is 0 Å². The van der Waals surface area contributed by atoms with Crippen LogP contribution in [0.2, 0.25) is 0 Å². The molecule has 0 spiro atoms. The van der Waals surface area contributed by atoms with Crippen LogP contribution in [0.3, 0.4) is 0 Å². The van der Waals surface area contributed by atoms with Gasteiger partial charge in [-0.3, -0.25) is 15.1 Å². The lowest BCUT2D eigenvalue weighted by molar-refractivity contribution is 0.514. The molecule has 1 aliphatic rings. The minimum absolute atomic E-state index is 0.219. The molecular weight excluding hydrogens is 364 g/mol. The number of pyridine rings is 1. The zero-order valence-corrected chi connectivity index (χ0v) is 15.5. The molecule has 142 valence electrons. The second-order valence-corrected chi connectivity index (χ2v) is 7.41. The maximum atomic E-state index is 5.90. The first-order chi connectivity index (χ1) is 14.2. The van der Waals surface area contributed by atoms with Gasteiger partial charge in [0.05, 0.1) is 41.0 Å². The summed E-state index contributed by atoms with van der Waals surface area (Å²) in [6.07, 6.45) is 7.19. The molecule has 1 aliphatic heterocycles. The van der Waals surface area contributed by atoms with E-state index in [0.717, 1.165) is 63.4 Å². The van der Waals surface area contributed by atoms with Crippen molar-refractivity contribution < 1.29 is 0 Å². The fourth-order valence-electron chi connectivity index (χ4n) is 3.83. The summed E-state index contributed by atoms with van der Waals surface area (Å²) in [6, 6.07) is 10.5. The van der Waals surface area contributed by atoms with E-state index in [4.69, 9.17) is 10.7 Å². The van der Waals surface area contributed by atoms with Gasteiger partial charge in [0.15, 0.2) is 0 Å². The number of H-pyrrole nitrogens is 2. The van der Waals surface area contributed by atoms with Crippen LogP contribution >= 0.6 is 0 Å². The Balaban J connectivity index is 1.43. The molecule has 0 saturated carbocycles. The largest absolute Gasteiger partial charge is 0.352 e. The Bertz CT molecular complexity index is 1310. The fourth-order valence-corrected chi connectivity index (χ4v) is 3.83. The van der Waals surface area contributed by atoms with Crippen LogP contribution < -0.4 is 10.6 Å². The molecular formula is C21H18N8. The van der Waals surface area contributed by atoms with Gasteiger partial charge in [-0.25, -0.2) is 4.98 Å². The molecule has 1 saturated heterocycles. The molecule has 1 aromatic carbocycles. The van der Waals surface area contributed by atoms with Crippen molar-refractivity contribution in [2.24, 2.45) is 5.73 Å². The van der Waals surface area contributed by atoms with Crippen molar-refractivity contribution in [3.8, 4) is 22.6 Å². The molecule has 1 fully saturated rings. The lowest BCUT2D eigenvalue weighted by Crippen LogP contribution is -2.56. The van der Waals surface area contributed by atoms with E-state index in [1.807, 2.05) is 24.4 Å². The van der Waals surface area contributed by atoms with Gasteiger partial charge in [-0.1, -0.05) is 6.07 Å². The zero-order valence-electron chi connectivity index (χ0n) is 15.5. The van der Waals surface area contributed by atoms with Crippen LogP contribution in [0.5, 0.6) is 0 Å². The number of hydrogen-bond acceptors (Lipinski definition) is 6. The van der Waals surface area contributed by atoms with Crippen molar-refractivity contribution in [2.75, 3.05) is 18.0 Å². The number of aromatic amines is 2. The minimum atomic E-state index is 0.219. The molecule has 29 heavy (non-hydrogen) atoms. The topological polar surface area (TPSA) is 112 Å². The van der Waals surface area contributed by atoms with Crippen molar-refractivity contribution in [1.82, 2.24) is 30.1 Å². The van der Waals surface area contributed by atoms with Gasteiger partial charge in [0.2, 0.25) is 0 Å². The summed E-state index contributed by atoms with van der Waals surface area (Å²) in [5.41, 5.74) is 11.5. The van der Waals surface area contributed by atoms with E-state index >= 15 is 0 Å². The second kappa shape index (κ2) is 6.11. The third-order valence-electron chi connectivity index (χ3n) is 5.39. The Hall–Kier alpha value is -3.78. The summed E-state index contributed by atoms with van der Waals surface area (Å²) in [5.74, 6) is 0.861. The highest BCUT2D eigenvalue weighted by Crippen LogP contribution is 2.31. The molecule has 0 atom stereocenters. The SMILES string of the molecule is NC1CN(c2cncc(-c3ccc4[nH]nc(-c5cc6ccncc6[nH]5)c4c3)n2)C1. The lowest BCUT2D eigenvalue weighted by atomic mass is 10.1. The summed E-state index contributed by atoms with van der Waals surface area (Å²) < 4.78 is 0. The zero-order chi connectivity index (χ0) is 19.4. The number of nitrogens with one attached hydrogen (secondary N) is 2. The van der Waals surface area contributed by atoms with Gasteiger partial charge >= 0.3 is 0 Å². The highest BCUT2D eigenvalue weighted by atomic mass is 15.3. The van der Waals surface area contributed by atoms with Crippen LogP contribution in [0.4, 0.5) is 5.82 Å². The molecule has 8 nitrogen and oxygen atoms in total. The maximum absolute atomic E-state index is 5.90. The van der Waals surface area contributed by atoms with Gasteiger partial charge in [0, 0.05) is 41.7 Å². The van der Waals surface area contributed by atoms with E-state index in [2.05, 4.69) is 42.2 Å². The highest BCUT2D eigenvalue weighted by molar-refractivity contribution is 5.97. The van der Waals surface area contributed by atoms with Gasteiger partial charge in [-0.15, -0.1) is 0 Å². The summed E-state index contributed by atoms with van der Waals surface area (Å²) in [4.78, 5) is 18.9. The number of rotatable bonds is 3. The quantitative estimate of drug-likeness (QED) is 0.442. The van der Waals surface area contributed by atoms with E-state index in [1.54, 1.807) is 18.6 Å². The number of nitrogens with zero attached hydrogens (tertiary/aromatic N) is 5. The summed E-state index contributed by atoms with van der Waals surface area (Å²) in [6.45, 7) is 1.64. The number of hydrogen-bond donors (Lipinski definition) is 3. The molecule has 8 heteroatoms. The van der Waals surface area contributed by atoms with Crippen molar-refractivity contribution in [3.63, 3.8) is 0 Å². The van der Waals surface area contributed by atoms with Crippen molar-refractivity contribution in [1.29, 1.82) is 0 Å². The molecule has 4 aromatic heterocycles. The molecule has 0 bridgehead atoms. The molecule has 5 aromatic rings. The molecule has 0 unspecified atom stereocenters. The number of aromatic nitrogens is 6. The first-order valence-corrected chi connectivity index (χ1v) is 9.49. The molecule has 0 amide bonds. The molecule has 0 aliphatic carbocycles. The predicted molar refractivity (Wildman–Crippen MR) is 112 cm³/mol. The number of benzene rings is 1. The summed E-state index contributed by atoms with van der Waals surface area (Å²) in [5, 5.41) is 9.79. The predicted octanol–water partition coefficient (Wildman–Crippen LogP) is 2.71. The van der Waals surface area contributed by atoms with Gasteiger partial charge in [0.1, 0.15) is 11.5 Å². The van der Waals surface area contributed by atoms with Gasteiger partial charge in [0.25, 0.3) is 0 Å². The van der Waals surface area contributed by atoms with Gasteiger partial charge < -0.3 is 15.6 Å². The van der Waals surface area contributed by atoms with E-state index < -0.39 is 0 Å². The highest BCUT2D eigenvalue weighted by Gasteiger charge is 2.24. The minimum Gasteiger partial charge on any atom is -0.352 e. The average Bonchev–Trinajstić information content (AvgIpc) is 3.34. The van der Waals surface area contributed by atoms with Crippen LogP contribution in [0, 0.1) is 0 Å². The Kier molecular flexibility index (Phi) is 3.41. The maximum Gasteiger partial charge on any atom is 0.147 e. The first-order valence-electron chi connectivity index (χ1n) is 9.49. The molecule has 5 heterocycles. The summed E-state index contributed by atoms with van der Waals surface area (Å²) in [7, 11) is 0. The van der Waals surface area contributed by atoms with Gasteiger partial charge in [-0.05, 0) is 24.3 Å². The molecule has 0 radical (unpaired) electrons. The lowest BCUT2D eigenvalue weighted by Gasteiger charge is -2.37. The number of anilines is 1. The monoisotopic (exact) mass is 382 g/mol. The summed E-state index contributed by atoms with van der Waals surface area (Å²) >= 11 is 0. The van der Waals surface area contributed by atoms with Crippen LogP contribution in [0.25, 0.3) is 44.5 Å². The van der Waals surface area contributed by atoms with Crippen LogP contribution in [-0.4, -0.2) is 49.3 Å². The van der Waals surface area contributed by atoms with Crippen LogP contribution in [-0.2, 0) is 0 Å². The fraction of sp³-hybridized carbons (Fsp3) is 0.143. The van der Waals surface area contributed by atoms with Crippen LogP contribution in [0.15, 0.2) is 55.1 Å². The van der Waals surface area contributed by atoms with Crippen molar-refractivity contribution >= 4 is 27.6 Å². The number of fused-ring (bicyclic) bond motifs is 2. The number of nitrogens with two attached hydrogens (primary N) is 1. The Morgan fingerprint density at radius 3 is 2.79 bits per heavy atom. The van der Waals surface area contributed by atoms with E-state index in [1.165, 1.54) is 0 Å². The van der Waals surface area contributed by atoms with Crippen molar-refractivity contribution in [2.45, 2.75) is 6.04 Å². The van der Waals surface area contributed by atoms with E-state index in [9.17, 15) is 0 Å². The van der Waals surface area contributed by atoms with Gasteiger partial charge in [-0.2, -0.15) is 5.10 Å². The second-order valence-electron chi connectivity index (χ2n) is 7.41. The Morgan fingerprint density at radius 1 is 1.00 bits per heavy atom. The Labute approximate surface area is 165 Å². The normalized spacial score (nSPS) is 14.6. The van der Waals surface area contributed by atoms with E-state index in [-0.39, 0.29) is 6.04 Å². The van der Waals surface area contributed by atoms with Crippen molar-refractivity contribution in [3.05, 3.63) is 55.1 Å². The molecule has 6 rings (SSSR count). The van der Waals surface area contributed by atoms with E-state index in [0.29, 0.717) is 0 Å². The third kappa shape index (κ3) is 2.65. The first kappa shape index (κ1) is 16.2. The molecule has 4 N–H and O–H groups in total. The Morgan fingerprint density at radius 2 is 1.93 bits per heavy atom. The smallest absolute Gasteiger partial charge is 0.147 e. The third-order valence-corrected chi connectivity index (χ3v) is 5.39.